The zero-order chi connectivity index (χ0) is 20.8. The number of fused-ring (bicyclic) bond motifs is 2. The Labute approximate surface area is 187 Å². The van der Waals surface area contributed by atoms with Crippen molar-refractivity contribution in [3.63, 3.8) is 0 Å². The highest BCUT2D eigenvalue weighted by Crippen LogP contribution is 2.36. The number of rotatable bonds is 2. The SMILES string of the molecule is Cc1cc(C)c(B2c3ccccc3N(c3ccccc3)c3ccc(Br)cc32)c(C)c1. The van der Waals surface area contributed by atoms with Crippen molar-refractivity contribution in [2.75, 3.05) is 4.90 Å². The van der Waals surface area contributed by atoms with E-state index in [4.69, 9.17) is 0 Å². The van der Waals surface area contributed by atoms with E-state index in [-0.39, 0.29) is 6.71 Å². The lowest BCUT2D eigenvalue weighted by Crippen LogP contribution is -2.58. The Balaban J connectivity index is 1.85. The van der Waals surface area contributed by atoms with Crippen LogP contribution in [0, 0.1) is 20.8 Å². The lowest BCUT2D eigenvalue weighted by Gasteiger charge is -2.38. The van der Waals surface area contributed by atoms with Crippen molar-refractivity contribution >= 4 is 56.1 Å². The first kappa shape index (κ1) is 19.2. The van der Waals surface area contributed by atoms with Crippen molar-refractivity contribution in [1.82, 2.24) is 0 Å². The summed E-state index contributed by atoms with van der Waals surface area (Å²) in [5.41, 5.74) is 11.8. The van der Waals surface area contributed by atoms with Gasteiger partial charge in [-0.1, -0.05) is 92.7 Å². The molecule has 4 aromatic rings. The molecule has 3 heteroatoms. The molecule has 1 aliphatic rings. The zero-order valence-electron chi connectivity index (χ0n) is 17.5. The molecule has 0 fully saturated rings. The topological polar surface area (TPSA) is 3.24 Å². The quantitative estimate of drug-likeness (QED) is 0.312. The second kappa shape index (κ2) is 7.48. The molecule has 0 aliphatic carbocycles. The van der Waals surface area contributed by atoms with Crippen LogP contribution < -0.4 is 21.3 Å². The van der Waals surface area contributed by atoms with Gasteiger partial charge in [-0.05, 0) is 62.0 Å². The number of hydrogen-bond acceptors (Lipinski definition) is 1. The van der Waals surface area contributed by atoms with E-state index in [1.807, 2.05) is 0 Å². The lowest BCUT2D eigenvalue weighted by molar-refractivity contribution is 1.29. The molecule has 1 aliphatic heterocycles. The molecule has 146 valence electrons. The molecule has 0 radical (unpaired) electrons. The number of halogens is 1. The van der Waals surface area contributed by atoms with Crippen LogP contribution in [0.4, 0.5) is 17.1 Å². The summed E-state index contributed by atoms with van der Waals surface area (Å²) in [5.74, 6) is 0. The summed E-state index contributed by atoms with van der Waals surface area (Å²) in [6.45, 7) is 6.88. The van der Waals surface area contributed by atoms with Gasteiger partial charge in [0.2, 0.25) is 6.71 Å². The van der Waals surface area contributed by atoms with E-state index in [9.17, 15) is 0 Å². The Kier molecular flexibility index (Phi) is 4.79. The predicted molar refractivity (Wildman–Crippen MR) is 134 cm³/mol. The van der Waals surface area contributed by atoms with Crippen molar-refractivity contribution in [3.8, 4) is 0 Å². The molecule has 0 spiro atoms. The van der Waals surface area contributed by atoms with E-state index in [0.29, 0.717) is 0 Å². The molecular formula is C27H23BBrN. The van der Waals surface area contributed by atoms with Crippen molar-refractivity contribution in [2.24, 2.45) is 0 Å². The molecule has 0 aromatic heterocycles. The number of benzene rings is 4. The lowest BCUT2D eigenvalue weighted by atomic mass is 9.34. The second-order valence-electron chi connectivity index (χ2n) is 8.18. The summed E-state index contributed by atoms with van der Waals surface area (Å²) in [6, 6.07) is 30.8. The van der Waals surface area contributed by atoms with Crippen LogP contribution in [0.2, 0.25) is 0 Å². The third-order valence-electron chi connectivity index (χ3n) is 6.07. The van der Waals surface area contributed by atoms with Gasteiger partial charge in [0.15, 0.2) is 0 Å². The summed E-state index contributed by atoms with van der Waals surface area (Å²) in [4.78, 5) is 2.40. The standard InChI is InChI=1S/C27H23BBrN/c1-18-15-19(2)27(20(3)16-18)28-23-11-7-8-12-25(23)30(22-9-5-4-6-10-22)26-14-13-21(29)17-24(26)28/h4-17H,1-3H3. The molecule has 0 atom stereocenters. The van der Waals surface area contributed by atoms with Crippen LogP contribution >= 0.6 is 15.9 Å². The molecular weight excluding hydrogens is 429 g/mol. The van der Waals surface area contributed by atoms with Gasteiger partial charge in [0.1, 0.15) is 0 Å². The minimum atomic E-state index is 0.203. The molecule has 1 nitrogen and oxygen atoms in total. The fraction of sp³-hybridized carbons (Fsp3) is 0.111. The molecule has 5 rings (SSSR count). The average molecular weight is 452 g/mol. The Morgan fingerprint density at radius 3 is 2.03 bits per heavy atom. The summed E-state index contributed by atoms with van der Waals surface area (Å²) >= 11 is 3.74. The molecule has 30 heavy (non-hydrogen) atoms. The Morgan fingerprint density at radius 1 is 0.667 bits per heavy atom. The highest BCUT2D eigenvalue weighted by molar-refractivity contribution is 9.10. The van der Waals surface area contributed by atoms with Crippen LogP contribution in [-0.4, -0.2) is 6.71 Å². The van der Waals surface area contributed by atoms with E-state index < -0.39 is 0 Å². The van der Waals surface area contributed by atoms with Gasteiger partial charge < -0.3 is 4.90 Å². The first-order valence-electron chi connectivity index (χ1n) is 10.4. The maximum Gasteiger partial charge on any atom is 0.247 e. The largest absolute Gasteiger partial charge is 0.312 e. The van der Waals surface area contributed by atoms with Crippen LogP contribution in [0.1, 0.15) is 16.7 Å². The van der Waals surface area contributed by atoms with Gasteiger partial charge >= 0.3 is 0 Å². The van der Waals surface area contributed by atoms with E-state index in [1.54, 1.807) is 0 Å². The van der Waals surface area contributed by atoms with Crippen molar-refractivity contribution in [2.45, 2.75) is 20.8 Å². The number of anilines is 3. The number of hydrogen-bond donors (Lipinski definition) is 0. The van der Waals surface area contributed by atoms with E-state index in [1.165, 1.54) is 50.1 Å². The third-order valence-corrected chi connectivity index (χ3v) is 6.56. The average Bonchev–Trinajstić information content (AvgIpc) is 2.73. The first-order chi connectivity index (χ1) is 14.5. The Hall–Kier alpha value is -2.78. The summed E-state index contributed by atoms with van der Waals surface area (Å²) in [7, 11) is 0. The zero-order valence-corrected chi connectivity index (χ0v) is 19.1. The molecule has 0 saturated carbocycles. The fourth-order valence-electron chi connectivity index (χ4n) is 5.01. The smallest absolute Gasteiger partial charge is 0.247 e. The fourth-order valence-corrected chi connectivity index (χ4v) is 5.38. The predicted octanol–water partition coefficient (Wildman–Crippen LogP) is 5.67. The normalized spacial score (nSPS) is 12.5. The number of para-hydroxylation sites is 2. The number of aryl methyl sites for hydroxylation is 3. The van der Waals surface area contributed by atoms with Crippen LogP contribution in [0.25, 0.3) is 0 Å². The Bertz CT molecular complexity index is 1230. The molecule has 0 amide bonds. The maximum atomic E-state index is 3.74. The van der Waals surface area contributed by atoms with Gasteiger partial charge in [0.25, 0.3) is 0 Å². The highest BCUT2D eigenvalue weighted by Gasteiger charge is 2.36. The van der Waals surface area contributed by atoms with Gasteiger partial charge in [-0.3, -0.25) is 0 Å². The van der Waals surface area contributed by atoms with Crippen LogP contribution in [0.5, 0.6) is 0 Å². The van der Waals surface area contributed by atoms with Crippen molar-refractivity contribution < 1.29 is 0 Å². The van der Waals surface area contributed by atoms with E-state index in [0.717, 1.165) is 4.47 Å². The monoisotopic (exact) mass is 451 g/mol. The van der Waals surface area contributed by atoms with Crippen LogP contribution in [-0.2, 0) is 0 Å². The minimum Gasteiger partial charge on any atom is -0.312 e. The van der Waals surface area contributed by atoms with Gasteiger partial charge in [0.05, 0.1) is 0 Å². The Morgan fingerprint density at radius 2 is 1.30 bits per heavy atom. The molecule has 0 bridgehead atoms. The van der Waals surface area contributed by atoms with Gasteiger partial charge in [-0.15, -0.1) is 0 Å². The highest BCUT2D eigenvalue weighted by atomic mass is 79.9. The maximum absolute atomic E-state index is 3.74. The molecule has 0 unspecified atom stereocenters. The van der Waals surface area contributed by atoms with Gasteiger partial charge in [-0.2, -0.15) is 0 Å². The van der Waals surface area contributed by atoms with Crippen molar-refractivity contribution in [3.05, 3.63) is 106 Å². The summed E-state index contributed by atoms with van der Waals surface area (Å²) in [5, 5.41) is 0. The van der Waals surface area contributed by atoms with E-state index >= 15 is 0 Å². The number of nitrogens with zero attached hydrogens (tertiary/aromatic N) is 1. The van der Waals surface area contributed by atoms with Gasteiger partial charge in [0, 0.05) is 21.5 Å². The van der Waals surface area contributed by atoms with Crippen molar-refractivity contribution in [1.29, 1.82) is 0 Å². The first-order valence-corrected chi connectivity index (χ1v) is 11.1. The summed E-state index contributed by atoms with van der Waals surface area (Å²) in [6.07, 6.45) is 0. The van der Waals surface area contributed by atoms with Crippen LogP contribution in [0.3, 0.4) is 0 Å². The third kappa shape index (κ3) is 3.09. The summed E-state index contributed by atoms with van der Waals surface area (Å²) < 4.78 is 1.11. The van der Waals surface area contributed by atoms with Crippen LogP contribution in [0.15, 0.2) is 89.4 Å². The molecule has 0 saturated heterocycles. The molecule has 1 heterocycles. The molecule has 0 N–H and O–H groups in total. The van der Waals surface area contributed by atoms with Gasteiger partial charge in [-0.25, -0.2) is 0 Å². The molecule has 4 aromatic carbocycles. The second-order valence-corrected chi connectivity index (χ2v) is 9.09. The minimum absolute atomic E-state index is 0.203. The van der Waals surface area contributed by atoms with E-state index in [2.05, 4.69) is 127 Å².